The van der Waals surface area contributed by atoms with Crippen molar-refractivity contribution in [1.29, 1.82) is 0 Å². The molecule has 0 aliphatic rings. The number of aromatic nitrogens is 2. The highest BCUT2D eigenvalue weighted by Crippen LogP contribution is 2.31. The van der Waals surface area contributed by atoms with Crippen LogP contribution in [0.25, 0.3) is 21.8 Å². The average Bonchev–Trinajstić information content (AvgIpc) is 3.01. The zero-order valence-corrected chi connectivity index (χ0v) is 15.9. The van der Waals surface area contributed by atoms with E-state index in [2.05, 4.69) is 53.2 Å². The maximum atomic E-state index is 12.7. The molecule has 0 fully saturated rings. The second kappa shape index (κ2) is 6.88. The van der Waals surface area contributed by atoms with Crippen molar-refractivity contribution in [3.8, 4) is 0 Å². The van der Waals surface area contributed by atoms with Crippen molar-refractivity contribution in [2.75, 3.05) is 5.32 Å². The predicted molar refractivity (Wildman–Crippen MR) is 110 cm³/mol. The Hall–Kier alpha value is -3.14. The molecule has 0 aliphatic carbocycles. The van der Waals surface area contributed by atoms with Gasteiger partial charge in [-0.25, -0.2) is 0 Å². The summed E-state index contributed by atoms with van der Waals surface area (Å²) >= 11 is 0. The molecule has 2 heterocycles. The van der Waals surface area contributed by atoms with Crippen molar-refractivity contribution in [3.05, 3.63) is 72.6 Å². The molecule has 4 nitrogen and oxygen atoms in total. The third-order valence-corrected chi connectivity index (χ3v) is 5.20. The summed E-state index contributed by atoms with van der Waals surface area (Å²) < 4.78 is 4.23. The molecule has 2 aromatic heterocycles. The van der Waals surface area contributed by atoms with E-state index in [0.29, 0.717) is 0 Å². The van der Waals surface area contributed by atoms with Gasteiger partial charge in [-0.2, -0.15) is 4.57 Å². The lowest BCUT2D eigenvalue weighted by Gasteiger charge is -2.09. The van der Waals surface area contributed by atoms with Gasteiger partial charge in [-0.05, 0) is 43.7 Å². The molecule has 0 bridgehead atoms. The maximum absolute atomic E-state index is 12.7. The Morgan fingerprint density at radius 2 is 1.74 bits per heavy atom. The van der Waals surface area contributed by atoms with E-state index >= 15 is 0 Å². The van der Waals surface area contributed by atoms with E-state index in [1.807, 2.05) is 49.0 Å². The van der Waals surface area contributed by atoms with Crippen LogP contribution < -0.4 is 9.88 Å². The summed E-state index contributed by atoms with van der Waals surface area (Å²) in [5.74, 6) is -0.0255. The zero-order chi connectivity index (χ0) is 19.0. The van der Waals surface area contributed by atoms with Crippen LogP contribution in [0, 0.1) is 6.92 Å². The first-order chi connectivity index (χ1) is 13.1. The van der Waals surface area contributed by atoms with Crippen LogP contribution in [0.4, 0.5) is 5.69 Å². The van der Waals surface area contributed by atoms with Gasteiger partial charge in [-0.1, -0.05) is 18.2 Å². The number of carbonyl (C=O) groups is 1. The molecule has 0 saturated carbocycles. The monoisotopic (exact) mass is 358 g/mol. The number of hydrogen-bond acceptors (Lipinski definition) is 1. The molecule has 1 N–H and O–H groups in total. The molecule has 0 spiro atoms. The van der Waals surface area contributed by atoms with Gasteiger partial charge in [0, 0.05) is 53.1 Å². The molecular formula is C23H24N3O+. The Bertz CT molecular complexity index is 1130. The zero-order valence-electron chi connectivity index (χ0n) is 15.9. The molecule has 4 rings (SSSR count). The van der Waals surface area contributed by atoms with Crippen molar-refractivity contribution in [3.63, 3.8) is 0 Å². The number of para-hydroxylation sites is 1. The second-order valence-corrected chi connectivity index (χ2v) is 6.98. The van der Waals surface area contributed by atoms with Crippen LogP contribution >= 0.6 is 0 Å². The largest absolute Gasteiger partial charge is 0.341 e. The molecule has 27 heavy (non-hydrogen) atoms. The molecule has 0 aliphatic heterocycles. The van der Waals surface area contributed by atoms with Gasteiger partial charge in [-0.3, -0.25) is 4.79 Å². The van der Waals surface area contributed by atoms with Crippen LogP contribution in [0.5, 0.6) is 0 Å². The number of carbonyl (C=O) groups excluding carboxylic acids is 1. The molecule has 1 atom stereocenters. The lowest BCUT2D eigenvalue weighted by atomic mass is 10.1. The Morgan fingerprint density at radius 3 is 2.48 bits per heavy atom. The van der Waals surface area contributed by atoms with Crippen LogP contribution in [-0.4, -0.2) is 10.5 Å². The van der Waals surface area contributed by atoms with Crippen molar-refractivity contribution in [2.45, 2.75) is 33.4 Å². The molecule has 4 heteroatoms. The molecule has 0 saturated heterocycles. The van der Waals surface area contributed by atoms with Gasteiger partial charge in [0.25, 0.3) is 5.91 Å². The van der Waals surface area contributed by atoms with Crippen molar-refractivity contribution in [2.24, 2.45) is 0 Å². The van der Waals surface area contributed by atoms with Crippen LogP contribution in [0.1, 0.15) is 25.5 Å². The fraction of sp³-hybridized carbons (Fsp3) is 0.217. The van der Waals surface area contributed by atoms with E-state index in [0.717, 1.165) is 12.2 Å². The highest BCUT2D eigenvalue weighted by molar-refractivity contribution is 6.09. The summed E-state index contributed by atoms with van der Waals surface area (Å²) in [5.41, 5.74) is 4.42. The second-order valence-electron chi connectivity index (χ2n) is 6.98. The Kier molecular flexibility index (Phi) is 4.40. The smallest absolute Gasteiger partial charge is 0.293 e. The Labute approximate surface area is 159 Å². The van der Waals surface area contributed by atoms with Crippen molar-refractivity contribution >= 4 is 33.4 Å². The average molecular weight is 358 g/mol. The topological polar surface area (TPSA) is 37.9 Å². The molecule has 2 aromatic carbocycles. The highest BCUT2D eigenvalue weighted by Gasteiger charge is 2.22. The van der Waals surface area contributed by atoms with Crippen molar-refractivity contribution < 1.29 is 9.36 Å². The minimum atomic E-state index is -0.279. The fourth-order valence-corrected chi connectivity index (χ4v) is 3.62. The number of aryl methyl sites for hydroxylation is 2. The first-order valence-corrected chi connectivity index (χ1v) is 9.37. The molecule has 1 amide bonds. The Morgan fingerprint density at radius 1 is 1.04 bits per heavy atom. The van der Waals surface area contributed by atoms with Gasteiger partial charge in [0.15, 0.2) is 12.4 Å². The maximum Gasteiger partial charge on any atom is 0.293 e. The number of benzene rings is 2. The molecule has 0 radical (unpaired) electrons. The molecular weight excluding hydrogens is 334 g/mol. The Balaban J connectivity index is 1.67. The van der Waals surface area contributed by atoms with E-state index in [4.69, 9.17) is 0 Å². The highest BCUT2D eigenvalue weighted by atomic mass is 16.2. The number of hydrogen-bond donors (Lipinski definition) is 1. The van der Waals surface area contributed by atoms with Gasteiger partial charge in [0.05, 0.1) is 0 Å². The van der Waals surface area contributed by atoms with Crippen LogP contribution in [0.15, 0.2) is 67.0 Å². The predicted octanol–water partition coefficient (Wildman–Crippen LogP) is 4.61. The first-order valence-electron chi connectivity index (χ1n) is 9.37. The van der Waals surface area contributed by atoms with Gasteiger partial charge < -0.3 is 9.88 Å². The van der Waals surface area contributed by atoms with E-state index in [-0.39, 0.29) is 11.9 Å². The van der Waals surface area contributed by atoms with Gasteiger partial charge in [0.2, 0.25) is 6.04 Å². The minimum absolute atomic E-state index is 0.0255. The van der Waals surface area contributed by atoms with Gasteiger partial charge >= 0.3 is 0 Å². The normalized spacial score (nSPS) is 12.4. The van der Waals surface area contributed by atoms with Gasteiger partial charge in [-0.15, -0.1) is 0 Å². The number of rotatable bonds is 4. The van der Waals surface area contributed by atoms with E-state index in [1.165, 1.54) is 27.4 Å². The summed E-state index contributed by atoms with van der Waals surface area (Å²) in [4.78, 5) is 12.7. The minimum Gasteiger partial charge on any atom is -0.341 e. The number of amides is 1. The summed E-state index contributed by atoms with van der Waals surface area (Å²) in [7, 11) is 0. The third-order valence-electron chi connectivity index (χ3n) is 5.20. The van der Waals surface area contributed by atoms with Crippen LogP contribution in [0.3, 0.4) is 0 Å². The number of nitrogens with one attached hydrogen (secondary N) is 1. The lowest BCUT2D eigenvalue weighted by molar-refractivity contribution is -0.705. The number of anilines is 1. The van der Waals surface area contributed by atoms with Crippen LogP contribution in [-0.2, 0) is 11.3 Å². The SMILES string of the molecule is CCn1c2ccccc2c2cc(NC(=O)[C@@H](C)[n+]3ccc(C)cc3)ccc21. The molecule has 136 valence electrons. The van der Waals surface area contributed by atoms with E-state index in [9.17, 15) is 4.79 Å². The van der Waals surface area contributed by atoms with E-state index < -0.39 is 0 Å². The molecule has 0 unspecified atom stereocenters. The molecule has 4 aromatic rings. The summed E-state index contributed by atoms with van der Waals surface area (Å²) in [6, 6.07) is 18.3. The third kappa shape index (κ3) is 3.08. The van der Waals surface area contributed by atoms with Crippen molar-refractivity contribution in [1.82, 2.24) is 4.57 Å². The first kappa shape index (κ1) is 17.3. The standard InChI is InChI=1S/C23H23N3O/c1-4-26-21-8-6-5-7-19(21)20-15-18(9-10-22(20)26)24-23(27)17(3)25-13-11-16(2)12-14-25/h5-15,17H,4H2,1-3H3/p+1/t17-/m1/s1. The fourth-order valence-electron chi connectivity index (χ4n) is 3.62. The van der Waals surface area contributed by atoms with Gasteiger partial charge in [0.1, 0.15) is 0 Å². The quantitative estimate of drug-likeness (QED) is 0.532. The number of pyridine rings is 1. The number of fused-ring (bicyclic) bond motifs is 3. The van der Waals surface area contributed by atoms with E-state index in [1.54, 1.807) is 0 Å². The summed E-state index contributed by atoms with van der Waals surface area (Å²) in [6.45, 7) is 7.02. The summed E-state index contributed by atoms with van der Waals surface area (Å²) in [5, 5.41) is 5.45. The number of nitrogens with zero attached hydrogens (tertiary/aromatic N) is 2. The summed E-state index contributed by atoms with van der Waals surface area (Å²) in [6.07, 6.45) is 3.88. The lowest BCUT2D eigenvalue weighted by Crippen LogP contribution is -2.43. The van der Waals surface area contributed by atoms with Crippen LogP contribution in [0.2, 0.25) is 0 Å².